The molecule has 0 saturated carbocycles. The van der Waals surface area contributed by atoms with Gasteiger partial charge in [-0.25, -0.2) is 0 Å². The van der Waals surface area contributed by atoms with E-state index in [9.17, 15) is 4.79 Å². The highest BCUT2D eigenvalue weighted by Gasteiger charge is 2.17. The Hall–Kier alpha value is -2.29. The molecule has 3 rings (SSSR count). The summed E-state index contributed by atoms with van der Waals surface area (Å²) in [6, 6.07) is 14.6. The number of anilines is 1. The topological polar surface area (TPSA) is 32.3 Å². The fourth-order valence-corrected chi connectivity index (χ4v) is 3.74. The Kier molecular flexibility index (Phi) is 5.65. The van der Waals surface area contributed by atoms with E-state index in [0.29, 0.717) is 0 Å². The smallest absolute Gasteiger partial charge is 0.252 e. The fraction of sp³-hybridized carbons (Fsp3) is 0.435. The number of hydrogen-bond donors (Lipinski definition) is 1. The van der Waals surface area contributed by atoms with Gasteiger partial charge in [0.1, 0.15) is 0 Å². The maximum atomic E-state index is 12.6. The summed E-state index contributed by atoms with van der Waals surface area (Å²) < 4.78 is 0. The molecular weight excluding hydrogens is 320 g/mol. The molecule has 1 amide bonds. The van der Waals surface area contributed by atoms with Crippen molar-refractivity contribution in [2.45, 2.75) is 46.6 Å². The first-order valence-electron chi connectivity index (χ1n) is 9.67. The van der Waals surface area contributed by atoms with Crippen molar-refractivity contribution >= 4 is 11.6 Å². The number of carbonyl (C=O) groups is 1. The van der Waals surface area contributed by atoms with Gasteiger partial charge in [0.05, 0.1) is 6.04 Å². The summed E-state index contributed by atoms with van der Waals surface area (Å²) in [7, 11) is 0. The third kappa shape index (κ3) is 4.27. The Morgan fingerprint density at radius 1 is 1.15 bits per heavy atom. The van der Waals surface area contributed by atoms with Crippen LogP contribution < -0.4 is 10.2 Å². The van der Waals surface area contributed by atoms with E-state index in [2.05, 4.69) is 41.4 Å². The second-order valence-corrected chi connectivity index (χ2v) is 7.80. The van der Waals surface area contributed by atoms with E-state index in [1.54, 1.807) is 0 Å². The van der Waals surface area contributed by atoms with Crippen LogP contribution in [0.4, 0.5) is 5.69 Å². The van der Waals surface area contributed by atoms with Crippen LogP contribution in [0.2, 0.25) is 0 Å². The minimum Gasteiger partial charge on any atom is -0.371 e. The lowest BCUT2D eigenvalue weighted by Crippen LogP contribution is -2.34. The van der Waals surface area contributed by atoms with Gasteiger partial charge in [-0.05, 0) is 68.9 Å². The maximum Gasteiger partial charge on any atom is 0.252 e. The molecule has 0 unspecified atom stereocenters. The van der Waals surface area contributed by atoms with Gasteiger partial charge in [0.25, 0.3) is 5.91 Å². The third-order valence-electron chi connectivity index (χ3n) is 5.40. The van der Waals surface area contributed by atoms with Crippen LogP contribution in [0.15, 0.2) is 42.5 Å². The maximum absolute atomic E-state index is 12.6. The minimum absolute atomic E-state index is 0.00682. The molecule has 2 atom stereocenters. The Balaban J connectivity index is 1.67. The lowest BCUT2D eigenvalue weighted by Gasteiger charge is -2.33. The molecule has 1 saturated heterocycles. The number of benzene rings is 2. The first-order chi connectivity index (χ1) is 12.4. The summed E-state index contributed by atoms with van der Waals surface area (Å²) in [4.78, 5) is 15.1. The predicted molar refractivity (Wildman–Crippen MR) is 109 cm³/mol. The Labute approximate surface area is 157 Å². The zero-order valence-electron chi connectivity index (χ0n) is 16.4. The zero-order valence-corrected chi connectivity index (χ0v) is 16.4. The summed E-state index contributed by atoms with van der Waals surface area (Å²) in [5, 5.41) is 3.13. The molecule has 1 aliphatic heterocycles. The molecule has 0 aromatic heterocycles. The van der Waals surface area contributed by atoms with E-state index in [0.717, 1.165) is 41.3 Å². The first-order valence-corrected chi connectivity index (χ1v) is 9.67. The van der Waals surface area contributed by atoms with Crippen LogP contribution >= 0.6 is 0 Å². The number of rotatable bonds is 4. The van der Waals surface area contributed by atoms with Crippen LogP contribution in [-0.4, -0.2) is 19.0 Å². The summed E-state index contributed by atoms with van der Waals surface area (Å²) in [5.41, 5.74) is 5.30. The fourth-order valence-electron chi connectivity index (χ4n) is 3.74. The number of nitrogens with zero attached hydrogens (tertiary/aromatic N) is 1. The molecule has 1 N–H and O–H groups in total. The van der Waals surface area contributed by atoms with Gasteiger partial charge < -0.3 is 10.2 Å². The predicted octanol–water partition coefficient (Wildman–Crippen LogP) is 5.03. The molecule has 0 aliphatic carbocycles. The second-order valence-electron chi connectivity index (χ2n) is 7.80. The van der Waals surface area contributed by atoms with E-state index in [1.807, 2.05) is 39.0 Å². The quantitative estimate of drug-likeness (QED) is 0.839. The number of amides is 1. The molecular formula is C23H30N2O. The molecule has 3 nitrogen and oxygen atoms in total. The highest BCUT2D eigenvalue weighted by molar-refractivity contribution is 5.96. The molecule has 1 fully saturated rings. The Bertz CT molecular complexity index is 766. The lowest BCUT2D eigenvalue weighted by molar-refractivity contribution is 0.0939. The molecule has 138 valence electrons. The molecule has 26 heavy (non-hydrogen) atoms. The number of carbonyl (C=O) groups excluding carboxylic acids is 1. The van der Waals surface area contributed by atoms with Gasteiger partial charge in [0, 0.05) is 24.3 Å². The number of nitrogens with one attached hydrogen (secondary N) is 1. The Morgan fingerprint density at radius 3 is 2.58 bits per heavy atom. The van der Waals surface area contributed by atoms with Crippen LogP contribution in [0.25, 0.3) is 0 Å². The van der Waals surface area contributed by atoms with Gasteiger partial charge >= 0.3 is 0 Å². The number of hydrogen-bond acceptors (Lipinski definition) is 2. The van der Waals surface area contributed by atoms with E-state index in [1.165, 1.54) is 18.5 Å². The largest absolute Gasteiger partial charge is 0.371 e. The minimum atomic E-state index is -0.0169. The Morgan fingerprint density at radius 2 is 1.88 bits per heavy atom. The first kappa shape index (κ1) is 18.5. The summed E-state index contributed by atoms with van der Waals surface area (Å²) in [5.74, 6) is 0.756. The highest BCUT2D eigenvalue weighted by Crippen LogP contribution is 2.25. The van der Waals surface area contributed by atoms with Gasteiger partial charge in [-0.2, -0.15) is 0 Å². The van der Waals surface area contributed by atoms with Crippen molar-refractivity contribution in [2.75, 3.05) is 18.0 Å². The third-order valence-corrected chi connectivity index (χ3v) is 5.40. The van der Waals surface area contributed by atoms with Crippen LogP contribution in [-0.2, 0) is 0 Å². The monoisotopic (exact) mass is 350 g/mol. The van der Waals surface area contributed by atoms with E-state index < -0.39 is 0 Å². The van der Waals surface area contributed by atoms with Gasteiger partial charge in [0.2, 0.25) is 0 Å². The summed E-state index contributed by atoms with van der Waals surface area (Å²) >= 11 is 0. The van der Waals surface area contributed by atoms with Crippen LogP contribution in [0.3, 0.4) is 0 Å². The second kappa shape index (κ2) is 7.94. The van der Waals surface area contributed by atoms with Crippen molar-refractivity contribution in [3.63, 3.8) is 0 Å². The zero-order chi connectivity index (χ0) is 18.7. The van der Waals surface area contributed by atoms with Crippen molar-refractivity contribution in [1.29, 1.82) is 0 Å². The van der Waals surface area contributed by atoms with Crippen molar-refractivity contribution < 1.29 is 4.79 Å². The number of aryl methyl sites for hydroxylation is 2. The summed E-state index contributed by atoms with van der Waals surface area (Å²) in [6.45, 7) is 10.6. The van der Waals surface area contributed by atoms with Crippen molar-refractivity contribution in [1.82, 2.24) is 5.32 Å². The molecule has 0 spiro atoms. The van der Waals surface area contributed by atoms with E-state index in [4.69, 9.17) is 0 Å². The van der Waals surface area contributed by atoms with Crippen LogP contribution in [0, 0.1) is 19.8 Å². The summed E-state index contributed by atoms with van der Waals surface area (Å²) in [6.07, 6.45) is 2.60. The standard InChI is InChI=1S/C23H30N2O/c1-16-7-8-18(3)22(14-16)23(26)24-19(4)20-9-11-21(12-10-20)25-13-5-6-17(2)15-25/h7-12,14,17,19H,5-6,13,15H2,1-4H3,(H,24,26)/t17-,19-/m1/s1. The van der Waals surface area contributed by atoms with Crippen molar-refractivity contribution in [3.05, 3.63) is 64.7 Å². The molecule has 1 heterocycles. The van der Waals surface area contributed by atoms with E-state index >= 15 is 0 Å². The van der Waals surface area contributed by atoms with Gasteiger partial charge in [-0.15, -0.1) is 0 Å². The lowest BCUT2D eigenvalue weighted by atomic mass is 9.99. The van der Waals surface area contributed by atoms with Gasteiger partial charge in [-0.1, -0.05) is 36.8 Å². The molecule has 2 aromatic rings. The van der Waals surface area contributed by atoms with Gasteiger partial charge in [0.15, 0.2) is 0 Å². The molecule has 2 aromatic carbocycles. The normalized spacial score (nSPS) is 18.5. The molecule has 3 heteroatoms. The molecule has 1 aliphatic rings. The average Bonchev–Trinajstić information content (AvgIpc) is 2.63. The van der Waals surface area contributed by atoms with Crippen LogP contribution in [0.1, 0.15) is 59.8 Å². The van der Waals surface area contributed by atoms with Gasteiger partial charge in [-0.3, -0.25) is 4.79 Å². The average molecular weight is 351 g/mol. The van der Waals surface area contributed by atoms with Crippen LogP contribution in [0.5, 0.6) is 0 Å². The molecule has 0 bridgehead atoms. The van der Waals surface area contributed by atoms with Crippen molar-refractivity contribution in [3.8, 4) is 0 Å². The van der Waals surface area contributed by atoms with E-state index in [-0.39, 0.29) is 11.9 Å². The van der Waals surface area contributed by atoms with Crippen molar-refractivity contribution in [2.24, 2.45) is 5.92 Å². The number of piperidine rings is 1. The highest BCUT2D eigenvalue weighted by atomic mass is 16.1. The molecule has 0 radical (unpaired) electrons. The SMILES string of the molecule is Cc1ccc(C)c(C(=O)N[C@H](C)c2ccc(N3CCC[C@@H](C)C3)cc2)c1.